The molecule has 0 fully saturated rings. The molecule has 0 bridgehead atoms. The van der Waals surface area contributed by atoms with E-state index < -0.39 is 5.91 Å². The number of nitrogens with two attached hydrogens (primary N) is 1. The van der Waals surface area contributed by atoms with Crippen molar-refractivity contribution in [2.24, 2.45) is 0 Å². The highest BCUT2D eigenvalue weighted by Crippen LogP contribution is 2.28. The number of aromatic hydroxyl groups is 1. The van der Waals surface area contributed by atoms with Crippen LogP contribution in [0.25, 0.3) is 0 Å². The average Bonchev–Trinajstić information content (AvgIpc) is 2.41. The Labute approximate surface area is 124 Å². The van der Waals surface area contributed by atoms with E-state index in [2.05, 4.69) is 21.2 Å². The minimum Gasteiger partial charge on any atom is -0.508 e. The van der Waals surface area contributed by atoms with Crippen LogP contribution < -0.4 is 15.8 Å². The van der Waals surface area contributed by atoms with Crippen LogP contribution in [0.3, 0.4) is 0 Å². The van der Waals surface area contributed by atoms with Crippen LogP contribution in [-0.2, 0) is 0 Å². The largest absolute Gasteiger partial charge is 0.508 e. The van der Waals surface area contributed by atoms with E-state index in [0.29, 0.717) is 17.1 Å². The van der Waals surface area contributed by atoms with Crippen LogP contribution in [0.2, 0.25) is 0 Å². The van der Waals surface area contributed by atoms with Crippen molar-refractivity contribution in [1.82, 2.24) is 0 Å². The lowest BCUT2D eigenvalue weighted by molar-refractivity contribution is 0.102. The molecule has 0 aromatic heterocycles. The summed E-state index contributed by atoms with van der Waals surface area (Å²) >= 11 is 3.34. The van der Waals surface area contributed by atoms with Gasteiger partial charge in [-0.3, -0.25) is 4.79 Å². The van der Waals surface area contributed by atoms with Crippen molar-refractivity contribution in [3.63, 3.8) is 0 Å². The molecular formula is C14H13BrN2O3. The number of ether oxygens (including phenoxy) is 1. The summed E-state index contributed by atoms with van der Waals surface area (Å²) in [5.41, 5.74) is 6.83. The van der Waals surface area contributed by atoms with Gasteiger partial charge in [-0.1, -0.05) is 0 Å². The Kier molecular flexibility index (Phi) is 4.14. The highest BCUT2D eigenvalue weighted by Gasteiger charge is 2.11. The molecule has 0 heterocycles. The summed E-state index contributed by atoms with van der Waals surface area (Å²) in [5.74, 6) is 0.260. The summed E-state index contributed by atoms with van der Waals surface area (Å²) in [6.45, 7) is 0. The summed E-state index contributed by atoms with van der Waals surface area (Å²) in [7, 11) is 1.56. The Hall–Kier alpha value is -2.21. The maximum atomic E-state index is 12.1. The van der Waals surface area contributed by atoms with E-state index in [1.165, 1.54) is 18.2 Å². The molecule has 6 heteroatoms. The average molecular weight is 337 g/mol. The summed E-state index contributed by atoms with van der Waals surface area (Å²) < 4.78 is 5.84. The predicted molar refractivity (Wildman–Crippen MR) is 81.2 cm³/mol. The minimum absolute atomic E-state index is 0.0136. The number of nitrogens with one attached hydrogen (secondary N) is 1. The molecule has 0 spiro atoms. The van der Waals surface area contributed by atoms with E-state index in [0.717, 1.165) is 4.47 Å². The Balaban J connectivity index is 2.23. The summed E-state index contributed by atoms with van der Waals surface area (Å²) in [5, 5.41) is 12.1. The van der Waals surface area contributed by atoms with Gasteiger partial charge in [-0.05, 0) is 52.3 Å². The summed E-state index contributed by atoms with van der Waals surface area (Å²) in [6, 6.07) is 9.38. The number of phenols is 1. The van der Waals surface area contributed by atoms with Gasteiger partial charge in [0.2, 0.25) is 0 Å². The lowest BCUT2D eigenvalue weighted by Crippen LogP contribution is -2.14. The zero-order valence-corrected chi connectivity index (χ0v) is 12.3. The van der Waals surface area contributed by atoms with Gasteiger partial charge in [-0.25, -0.2) is 0 Å². The first-order valence-electron chi connectivity index (χ1n) is 5.74. The van der Waals surface area contributed by atoms with Crippen LogP contribution in [-0.4, -0.2) is 18.1 Å². The fraction of sp³-hybridized carbons (Fsp3) is 0.0714. The van der Waals surface area contributed by atoms with Gasteiger partial charge in [-0.15, -0.1) is 0 Å². The lowest BCUT2D eigenvalue weighted by Gasteiger charge is -2.10. The van der Waals surface area contributed by atoms with Gasteiger partial charge >= 0.3 is 0 Å². The molecule has 0 aliphatic rings. The van der Waals surface area contributed by atoms with Gasteiger partial charge in [0.15, 0.2) is 0 Å². The first kappa shape index (κ1) is 14.2. The quantitative estimate of drug-likeness (QED) is 0.594. The van der Waals surface area contributed by atoms with Crippen LogP contribution in [0, 0.1) is 0 Å². The Morgan fingerprint density at radius 1 is 1.30 bits per heavy atom. The number of methoxy groups -OCH3 is 1. The molecule has 4 N–H and O–H groups in total. The minimum atomic E-state index is -0.393. The van der Waals surface area contributed by atoms with Crippen LogP contribution in [0.4, 0.5) is 11.4 Å². The third-order valence-corrected chi connectivity index (χ3v) is 3.31. The van der Waals surface area contributed by atoms with E-state index in [4.69, 9.17) is 10.5 Å². The second-order valence-corrected chi connectivity index (χ2v) is 4.93. The molecule has 0 saturated carbocycles. The van der Waals surface area contributed by atoms with Gasteiger partial charge in [0.1, 0.15) is 11.5 Å². The summed E-state index contributed by atoms with van der Waals surface area (Å²) in [6.07, 6.45) is 0. The van der Waals surface area contributed by atoms with Gasteiger partial charge in [0.25, 0.3) is 5.91 Å². The Morgan fingerprint density at radius 3 is 2.70 bits per heavy atom. The number of hydrogen-bond donors (Lipinski definition) is 3. The Bertz CT molecular complexity index is 659. The highest BCUT2D eigenvalue weighted by molar-refractivity contribution is 9.10. The number of benzene rings is 2. The number of phenolic OH excluding ortho intramolecular Hbond substituents is 1. The smallest absolute Gasteiger partial charge is 0.257 e. The van der Waals surface area contributed by atoms with Gasteiger partial charge in [0, 0.05) is 11.4 Å². The number of rotatable bonds is 3. The molecular weight excluding hydrogens is 324 g/mol. The van der Waals surface area contributed by atoms with Crippen molar-refractivity contribution < 1.29 is 14.6 Å². The molecule has 104 valence electrons. The molecule has 2 aromatic carbocycles. The van der Waals surface area contributed by atoms with Crippen LogP contribution in [0.1, 0.15) is 10.4 Å². The molecule has 0 radical (unpaired) electrons. The fourth-order valence-electron chi connectivity index (χ4n) is 1.68. The molecule has 0 saturated heterocycles. The molecule has 0 atom stereocenters. The third kappa shape index (κ3) is 3.03. The number of carbonyl (C=O) groups is 1. The second-order valence-electron chi connectivity index (χ2n) is 4.08. The van der Waals surface area contributed by atoms with Gasteiger partial charge in [-0.2, -0.15) is 0 Å². The number of carbonyl (C=O) groups excluding carboxylic acids is 1. The van der Waals surface area contributed by atoms with E-state index in [9.17, 15) is 9.90 Å². The lowest BCUT2D eigenvalue weighted by atomic mass is 10.1. The SMILES string of the molecule is COc1ccc(NC(=O)c2cc(O)ccc2N)cc1Br. The van der Waals surface area contributed by atoms with Crippen molar-refractivity contribution >= 4 is 33.2 Å². The van der Waals surface area contributed by atoms with Crippen molar-refractivity contribution in [3.8, 4) is 11.5 Å². The molecule has 0 unspecified atom stereocenters. The molecule has 5 nitrogen and oxygen atoms in total. The fourth-order valence-corrected chi connectivity index (χ4v) is 2.22. The highest BCUT2D eigenvalue weighted by atomic mass is 79.9. The maximum absolute atomic E-state index is 12.1. The molecule has 2 rings (SSSR count). The standard InChI is InChI=1S/C14H13BrN2O3/c1-20-13-5-2-8(6-11(13)15)17-14(19)10-7-9(18)3-4-12(10)16/h2-7,18H,16H2,1H3,(H,17,19). The van der Waals surface area contributed by atoms with Gasteiger partial charge < -0.3 is 20.9 Å². The molecule has 1 amide bonds. The normalized spacial score (nSPS) is 10.1. The van der Waals surface area contributed by atoms with Crippen molar-refractivity contribution in [1.29, 1.82) is 0 Å². The summed E-state index contributed by atoms with van der Waals surface area (Å²) in [4.78, 5) is 12.1. The zero-order valence-electron chi connectivity index (χ0n) is 10.7. The van der Waals surface area contributed by atoms with E-state index in [-0.39, 0.29) is 11.3 Å². The number of hydrogen-bond acceptors (Lipinski definition) is 4. The first-order chi connectivity index (χ1) is 9.51. The number of anilines is 2. The van der Waals surface area contributed by atoms with Crippen molar-refractivity contribution in [3.05, 3.63) is 46.4 Å². The first-order valence-corrected chi connectivity index (χ1v) is 6.54. The number of nitrogen functional groups attached to an aromatic ring is 1. The van der Waals surface area contributed by atoms with E-state index in [1.807, 2.05) is 0 Å². The Morgan fingerprint density at radius 2 is 2.05 bits per heavy atom. The number of halogens is 1. The van der Waals surface area contributed by atoms with Gasteiger partial charge in [0.05, 0.1) is 17.1 Å². The molecule has 2 aromatic rings. The molecule has 0 aliphatic carbocycles. The monoisotopic (exact) mass is 336 g/mol. The third-order valence-electron chi connectivity index (χ3n) is 2.69. The van der Waals surface area contributed by atoms with E-state index >= 15 is 0 Å². The molecule has 20 heavy (non-hydrogen) atoms. The molecule has 0 aliphatic heterocycles. The second kappa shape index (κ2) is 5.83. The number of amides is 1. The van der Waals surface area contributed by atoms with Crippen LogP contribution >= 0.6 is 15.9 Å². The van der Waals surface area contributed by atoms with E-state index in [1.54, 1.807) is 25.3 Å². The van der Waals surface area contributed by atoms with Crippen LogP contribution in [0.5, 0.6) is 11.5 Å². The topological polar surface area (TPSA) is 84.6 Å². The predicted octanol–water partition coefficient (Wildman–Crippen LogP) is 3.00. The van der Waals surface area contributed by atoms with Crippen LogP contribution in [0.15, 0.2) is 40.9 Å². The maximum Gasteiger partial charge on any atom is 0.257 e. The van der Waals surface area contributed by atoms with Crippen molar-refractivity contribution in [2.45, 2.75) is 0 Å². The van der Waals surface area contributed by atoms with Crippen molar-refractivity contribution in [2.75, 3.05) is 18.2 Å². The zero-order chi connectivity index (χ0) is 14.7.